The summed E-state index contributed by atoms with van der Waals surface area (Å²) in [5.41, 5.74) is 10.4. The lowest BCUT2D eigenvalue weighted by Gasteiger charge is -2.40. The Hall–Kier alpha value is -2.64. The molecule has 0 bridgehead atoms. The average molecular weight is 493 g/mol. The molecule has 1 aliphatic rings. The highest BCUT2D eigenvalue weighted by Crippen LogP contribution is 2.58. The van der Waals surface area contributed by atoms with Crippen molar-refractivity contribution < 1.29 is 0 Å². The Kier molecular flexibility index (Phi) is 6.86. The van der Waals surface area contributed by atoms with Crippen molar-refractivity contribution >= 4 is 24.7 Å². The summed E-state index contributed by atoms with van der Waals surface area (Å²) in [5, 5.41) is 2.99. The van der Waals surface area contributed by atoms with E-state index < -0.39 is 8.80 Å². The van der Waals surface area contributed by atoms with Crippen LogP contribution >= 0.6 is 0 Å². The van der Waals surface area contributed by atoms with Crippen molar-refractivity contribution in [3.63, 3.8) is 0 Å². The molecule has 1 atom stereocenters. The van der Waals surface area contributed by atoms with Crippen molar-refractivity contribution in [3.8, 4) is 0 Å². The number of hydrogen-bond donors (Lipinski definition) is 0. The fraction of sp³-hybridized carbons (Fsp3) is 0.371. The second-order valence-electron chi connectivity index (χ2n) is 13.0. The van der Waals surface area contributed by atoms with Crippen LogP contribution in [0.15, 0.2) is 95.6 Å². The minimum Gasteiger partial charge on any atom is -0.0629 e. The predicted molar refractivity (Wildman–Crippen MR) is 162 cm³/mol. The van der Waals surface area contributed by atoms with Gasteiger partial charge in [-0.25, -0.2) is 0 Å². The van der Waals surface area contributed by atoms with Gasteiger partial charge in [-0.2, -0.15) is 0 Å². The Labute approximate surface area is 221 Å². The van der Waals surface area contributed by atoms with Gasteiger partial charge in [-0.3, -0.25) is 0 Å². The molecule has 0 heterocycles. The molecule has 0 N–H and O–H groups in total. The Morgan fingerprint density at radius 1 is 0.583 bits per heavy atom. The van der Waals surface area contributed by atoms with Gasteiger partial charge in [0.2, 0.25) is 0 Å². The predicted octanol–water partition coefficient (Wildman–Crippen LogP) is 8.21. The molecule has 0 fully saturated rings. The Bertz CT molecular complexity index is 1240. The number of benzene rings is 3. The summed E-state index contributed by atoms with van der Waals surface area (Å²) in [4.78, 5) is 0. The van der Waals surface area contributed by atoms with E-state index in [9.17, 15) is 0 Å². The molecule has 1 heteroatoms. The summed E-state index contributed by atoms with van der Waals surface area (Å²) in [7, 11) is -1.71. The number of hydrogen-bond acceptors (Lipinski definition) is 0. The molecule has 1 unspecified atom stereocenters. The molecule has 4 rings (SSSR count). The van der Waals surface area contributed by atoms with Gasteiger partial charge in [0.05, 0.1) is 0 Å². The molecule has 0 amide bonds. The van der Waals surface area contributed by atoms with Crippen LogP contribution in [0.25, 0.3) is 5.57 Å². The van der Waals surface area contributed by atoms with Crippen molar-refractivity contribution in [2.45, 2.75) is 85.1 Å². The van der Waals surface area contributed by atoms with Gasteiger partial charge in [-0.15, -0.1) is 0 Å². The molecule has 0 saturated carbocycles. The maximum absolute atomic E-state index is 2.55. The van der Waals surface area contributed by atoms with E-state index in [2.05, 4.69) is 148 Å². The number of allylic oxidation sites excluding steroid dienone is 4. The Morgan fingerprint density at radius 2 is 1.00 bits per heavy atom. The van der Waals surface area contributed by atoms with Gasteiger partial charge in [0, 0.05) is 5.04 Å². The highest BCUT2D eigenvalue weighted by atomic mass is 28.3. The summed E-state index contributed by atoms with van der Waals surface area (Å²) >= 11 is 0. The third kappa shape index (κ3) is 4.59. The zero-order chi connectivity index (χ0) is 26.5. The lowest BCUT2D eigenvalue weighted by Crippen LogP contribution is -2.51. The van der Waals surface area contributed by atoms with E-state index in [1.54, 1.807) is 5.57 Å². The molecule has 0 spiro atoms. The summed E-state index contributed by atoms with van der Waals surface area (Å²) in [5.74, 6) is 0. The van der Waals surface area contributed by atoms with E-state index in [1.165, 1.54) is 43.8 Å². The van der Waals surface area contributed by atoms with Gasteiger partial charge in [-0.1, -0.05) is 143 Å². The first-order valence-corrected chi connectivity index (χ1v) is 15.2. The molecule has 0 aromatic heterocycles. The minimum atomic E-state index is -1.71. The third-order valence-electron chi connectivity index (χ3n) is 8.60. The fourth-order valence-corrected chi connectivity index (χ4v) is 10.4. The molecule has 0 radical (unpaired) electrons. The van der Waals surface area contributed by atoms with Crippen LogP contribution in [-0.4, -0.2) is 8.80 Å². The summed E-state index contributed by atoms with van der Waals surface area (Å²) in [6.45, 7) is 23.7. The van der Waals surface area contributed by atoms with Gasteiger partial charge in [0.1, 0.15) is 8.80 Å². The lowest BCUT2D eigenvalue weighted by atomic mass is 9.77. The van der Waals surface area contributed by atoms with Crippen molar-refractivity contribution in [3.05, 3.63) is 112 Å². The van der Waals surface area contributed by atoms with E-state index in [0.29, 0.717) is 0 Å². The first kappa shape index (κ1) is 26.4. The Morgan fingerprint density at radius 3 is 1.39 bits per heavy atom. The van der Waals surface area contributed by atoms with Gasteiger partial charge in [0.25, 0.3) is 0 Å². The largest absolute Gasteiger partial charge is 0.117 e. The molecule has 0 nitrogen and oxygen atoms in total. The topological polar surface area (TPSA) is 0 Å². The van der Waals surface area contributed by atoms with Crippen LogP contribution in [0.4, 0.5) is 0 Å². The highest BCUT2D eigenvalue weighted by molar-refractivity contribution is 6.89. The standard InChI is InChI=1S/C35H44Si/c1-24-25(2)32(27-21-28(33(4,5)6)23-29(22-27)34(7,8)9)35(10,26(24)3)36(30-17-13-11-14-18-30)31-19-15-12-16-20-31/h11-23,36H,1-10H3. The molecule has 0 saturated heterocycles. The van der Waals surface area contributed by atoms with Gasteiger partial charge >= 0.3 is 0 Å². The smallest absolute Gasteiger partial charge is 0.0629 e. The minimum absolute atomic E-state index is 0.0253. The molecule has 36 heavy (non-hydrogen) atoms. The van der Waals surface area contributed by atoms with E-state index >= 15 is 0 Å². The second-order valence-corrected chi connectivity index (χ2v) is 16.4. The molecule has 0 aliphatic heterocycles. The quantitative estimate of drug-likeness (QED) is 0.322. The Balaban J connectivity index is 2.05. The first-order valence-electron chi connectivity index (χ1n) is 13.4. The molecule has 3 aromatic rings. The SMILES string of the molecule is CC1=C(C)C(C)([SiH](c2ccccc2)c2ccccc2)C(c2cc(C(C)(C)C)cc(C(C)(C)C)c2)=C1C. The lowest BCUT2D eigenvalue weighted by molar-refractivity contribution is 0.568. The average Bonchev–Trinajstić information content (AvgIpc) is 2.99. The number of rotatable bonds is 4. The van der Waals surface area contributed by atoms with Crippen molar-refractivity contribution in [1.82, 2.24) is 0 Å². The first-order chi connectivity index (χ1) is 16.8. The van der Waals surface area contributed by atoms with Gasteiger partial charge < -0.3 is 0 Å². The fourth-order valence-electron chi connectivity index (χ4n) is 6.10. The third-order valence-corrected chi connectivity index (χ3v) is 12.6. The normalized spacial score (nSPS) is 19.0. The van der Waals surface area contributed by atoms with Crippen LogP contribution in [0.5, 0.6) is 0 Å². The zero-order valence-corrected chi connectivity index (χ0v) is 25.2. The van der Waals surface area contributed by atoms with Crippen LogP contribution in [0.2, 0.25) is 5.04 Å². The van der Waals surface area contributed by atoms with Crippen LogP contribution < -0.4 is 10.4 Å². The monoisotopic (exact) mass is 492 g/mol. The van der Waals surface area contributed by atoms with Gasteiger partial charge in [0.15, 0.2) is 0 Å². The van der Waals surface area contributed by atoms with E-state index in [4.69, 9.17) is 0 Å². The maximum atomic E-state index is 2.55. The van der Waals surface area contributed by atoms with Crippen LogP contribution in [-0.2, 0) is 10.8 Å². The summed E-state index contributed by atoms with van der Waals surface area (Å²) < 4.78 is 0. The summed E-state index contributed by atoms with van der Waals surface area (Å²) in [6.07, 6.45) is 0. The van der Waals surface area contributed by atoms with Gasteiger partial charge in [-0.05, 0) is 65.0 Å². The van der Waals surface area contributed by atoms with E-state index in [1.807, 2.05) is 0 Å². The van der Waals surface area contributed by atoms with Crippen molar-refractivity contribution in [2.24, 2.45) is 0 Å². The molecule has 3 aromatic carbocycles. The maximum Gasteiger partial charge on any atom is 0.117 e. The summed E-state index contributed by atoms with van der Waals surface area (Å²) in [6, 6.07) is 30.1. The van der Waals surface area contributed by atoms with E-state index in [0.717, 1.165) is 0 Å². The highest BCUT2D eigenvalue weighted by Gasteiger charge is 2.47. The van der Waals surface area contributed by atoms with Crippen LogP contribution in [0.3, 0.4) is 0 Å². The van der Waals surface area contributed by atoms with Crippen LogP contribution in [0.1, 0.15) is 85.9 Å². The zero-order valence-electron chi connectivity index (χ0n) is 24.1. The molecule has 1 aliphatic carbocycles. The van der Waals surface area contributed by atoms with E-state index in [-0.39, 0.29) is 15.9 Å². The molecular weight excluding hydrogens is 448 g/mol. The second kappa shape index (κ2) is 9.34. The molecule has 188 valence electrons. The molecular formula is C35H44Si. The van der Waals surface area contributed by atoms with Crippen molar-refractivity contribution in [1.29, 1.82) is 0 Å². The van der Waals surface area contributed by atoms with Crippen molar-refractivity contribution in [2.75, 3.05) is 0 Å². The van der Waals surface area contributed by atoms with Crippen LogP contribution in [0, 0.1) is 0 Å².